The number of ether oxygens (including phenoxy) is 1. The number of rotatable bonds is 6. The fourth-order valence-electron chi connectivity index (χ4n) is 3.12. The number of anilines is 2. The molecule has 9 nitrogen and oxygen atoms in total. The number of aromatic nitrogens is 3. The van der Waals surface area contributed by atoms with Gasteiger partial charge in [0, 0.05) is 32.8 Å². The molecule has 13 heteroatoms. The molecule has 0 unspecified atom stereocenters. The van der Waals surface area contributed by atoms with Gasteiger partial charge in [0.15, 0.2) is 5.13 Å². The number of nitrogens with zero attached hydrogens (tertiary/aromatic N) is 4. The van der Waals surface area contributed by atoms with E-state index in [4.69, 9.17) is 0 Å². The third kappa shape index (κ3) is 5.03. The lowest BCUT2D eigenvalue weighted by Gasteiger charge is -2.10. The Hall–Kier alpha value is -3.87. The SMILES string of the molecule is CN(C)C(=O)CNC(=O)c1ccc2c(c1)nc(Nc1nc3ccc(OC(F)(F)F)cc3s1)n2C. The number of fused-ring (bicyclic) bond motifs is 2. The second-order valence-corrected chi connectivity index (χ2v) is 8.52. The zero-order valence-electron chi connectivity index (χ0n) is 18.2. The van der Waals surface area contributed by atoms with Crippen molar-refractivity contribution in [2.75, 3.05) is 26.0 Å². The molecule has 4 aromatic rings. The summed E-state index contributed by atoms with van der Waals surface area (Å²) in [6, 6.07) is 8.88. The van der Waals surface area contributed by atoms with Crippen LogP contribution in [0.1, 0.15) is 10.4 Å². The van der Waals surface area contributed by atoms with Crippen molar-refractivity contribution in [3.63, 3.8) is 0 Å². The summed E-state index contributed by atoms with van der Waals surface area (Å²) in [5, 5.41) is 6.06. The zero-order chi connectivity index (χ0) is 24.6. The number of alkyl halides is 3. The van der Waals surface area contributed by atoms with Gasteiger partial charge in [-0.05, 0) is 30.3 Å². The highest BCUT2D eigenvalue weighted by atomic mass is 32.1. The Morgan fingerprint density at radius 1 is 1.12 bits per heavy atom. The van der Waals surface area contributed by atoms with Gasteiger partial charge in [0.2, 0.25) is 11.9 Å². The summed E-state index contributed by atoms with van der Waals surface area (Å²) in [6.07, 6.45) is -4.77. The molecule has 0 bridgehead atoms. The Balaban J connectivity index is 1.54. The number of hydrogen-bond acceptors (Lipinski definition) is 7. The van der Waals surface area contributed by atoms with Crippen LogP contribution in [0.25, 0.3) is 21.3 Å². The number of thiazole rings is 1. The molecule has 0 aliphatic rings. The van der Waals surface area contributed by atoms with Gasteiger partial charge in [-0.15, -0.1) is 13.2 Å². The monoisotopic (exact) mass is 492 g/mol. The molecule has 4 rings (SSSR count). The summed E-state index contributed by atoms with van der Waals surface area (Å²) in [5.41, 5.74) is 2.14. The number of imidazole rings is 1. The molecule has 34 heavy (non-hydrogen) atoms. The van der Waals surface area contributed by atoms with Crippen LogP contribution in [0.5, 0.6) is 5.75 Å². The second-order valence-electron chi connectivity index (χ2n) is 7.49. The number of likely N-dealkylation sites (N-methyl/N-ethyl adjacent to an activating group) is 1. The molecule has 178 valence electrons. The van der Waals surface area contributed by atoms with Gasteiger partial charge in [0.05, 0.1) is 27.8 Å². The van der Waals surface area contributed by atoms with Crippen LogP contribution in [0.15, 0.2) is 36.4 Å². The molecule has 2 aromatic carbocycles. The highest BCUT2D eigenvalue weighted by molar-refractivity contribution is 7.22. The molecule has 2 amide bonds. The number of amides is 2. The van der Waals surface area contributed by atoms with Crippen molar-refractivity contribution < 1.29 is 27.5 Å². The van der Waals surface area contributed by atoms with Crippen molar-refractivity contribution in [1.29, 1.82) is 0 Å². The standard InChI is InChI=1S/C21H19F3N6O3S/c1-29(2)17(31)10-25-18(32)11-4-7-15-14(8-11)26-19(30(15)3)28-20-27-13-6-5-12(9-16(13)34-20)33-21(22,23)24/h4-9H,10H2,1-3H3,(H,25,32)(H,26,27,28). The summed E-state index contributed by atoms with van der Waals surface area (Å²) in [4.78, 5) is 34.3. The smallest absolute Gasteiger partial charge is 0.406 e. The average molecular weight is 492 g/mol. The lowest BCUT2D eigenvalue weighted by molar-refractivity contribution is -0.274. The maximum absolute atomic E-state index is 12.5. The zero-order valence-corrected chi connectivity index (χ0v) is 19.0. The highest BCUT2D eigenvalue weighted by Crippen LogP contribution is 2.33. The van der Waals surface area contributed by atoms with E-state index in [1.165, 1.54) is 23.1 Å². The molecule has 0 fully saturated rings. The van der Waals surface area contributed by atoms with Gasteiger partial charge in [-0.3, -0.25) is 9.59 Å². The van der Waals surface area contributed by atoms with E-state index in [1.54, 1.807) is 43.9 Å². The van der Waals surface area contributed by atoms with Gasteiger partial charge < -0.3 is 24.8 Å². The molecule has 0 spiro atoms. The van der Waals surface area contributed by atoms with E-state index in [1.807, 2.05) is 0 Å². The molecule has 0 atom stereocenters. The molecule has 2 N–H and O–H groups in total. The predicted octanol–water partition coefficient (Wildman–Crippen LogP) is 3.64. The topological polar surface area (TPSA) is 101 Å². The first kappa shape index (κ1) is 23.3. The van der Waals surface area contributed by atoms with Crippen molar-refractivity contribution in [1.82, 2.24) is 24.8 Å². The predicted molar refractivity (Wildman–Crippen MR) is 121 cm³/mol. The van der Waals surface area contributed by atoms with Crippen molar-refractivity contribution in [3.05, 3.63) is 42.0 Å². The van der Waals surface area contributed by atoms with E-state index in [0.29, 0.717) is 32.4 Å². The first-order valence-corrected chi connectivity index (χ1v) is 10.7. The van der Waals surface area contributed by atoms with Gasteiger partial charge in [-0.2, -0.15) is 0 Å². The van der Waals surface area contributed by atoms with Crippen LogP contribution in [0.3, 0.4) is 0 Å². The maximum atomic E-state index is 12.5. The van der Waals surface area contributed by atoms with Crippen LogP contribution in [0.2, 0.25) is 0 Å². The van der Waals surface area contributed by atoms with E-state index in [2.05, 4.69) is 25.3 Å². The van der Waals surface area contributed by atoms with Gasteiger partial charge in [0.1, 0.15) is 5.75 Å². The van der Waals surface area contributed by atoms with Gasteiger partial charge >= 0.3 is 6.36 Å². The quantitative estimate of drug-likeness (QED) is 0.426. The van der Waals surface area contributed by atoms with Crippen molar-refractivity contribution in [2.24, 2.45) is 7.05 Å². The summed E-state index contributed by atoms with van der Waals surface area (Å²) in [7, 11) is 4.98. The minimum Gasteiger partial charge on any atom is -0.406 e. The van der Waals surface area contributed by atoms with Crippen LogP contribution < -0.4 is 15.4 Å². The van der Waals surface area contributed by atoms with Crippen LogP contribution in [-0.4, -0.2) is 58.3 Å². The molecule has 2 heterocycles. The fourth-order valence-corrected chi connectivity index (χ4v) is 4.01. The lowest BCUT2D eigenvalue weighted by Crippen LogP contribution is -2.36. The van der Waals surface area contributed by atoms with Crippen LogP contribution in [0, 0.1) is 0 Å². The van der Waals surface area contributed by atoms with Gasteiger partial charge in [-0.25, -0.2) is 9.97 Å². The van der Waals surface area contributed by atoms with Crippen molar-refractivity contribution in [3.8, 4) is 5.75 Å². The minimum atomic E-state index is -4.77. The summed E-state index contributed by atoms with van der Waals surface area (Å²) in [6.45, 7) is -0.119. The van der Waals surface area contributed by atoms with Crippen LogP contribution in [-0.2, 0) is 11.8 Å². The molecule has 0 aliphatic carbocycles. The Morgan fingerprint density at radius 2 is 1.88 bits per heavy atom. The van der Waals surface area contributed by atoms with Crippen molar-refractivity contribution in [2.45, 2.75) is 6.36 Å². The lowest BCUT2D eigenvalue weighted by atomic mass is 10.2. The normalized spacial score (nSPS) is 11.6. The van der Waals surface area contributed by atoms with E-state index in [9.17, 15) is 22.8 Å². The highest BCUT2D eigenvalue weighted by Gasteiger charge is 2.31. The fraction of sp³-hybridized carbons (Fsp3) is 0.238. The molecule has 0 saturated carbocycles. The molecule has 0 aliphatic heterocycles. The van der Waals surface area contributed by atoms with E-state index < -0.39 is 12.3 Å². The molecule has 0 radical (unpaired) electrons. The third-order valence-electron chi connectivity index (χ3n) is 4.85. The largest absolute Gasteiger partial charge is 0.573 e. The Labute approximate surface area is 195 Å². The average Bonchev–Trinajstić information content (AvgIpc) is 3.30. The summed E-state index contributed by atoms with van der Waals surface area (Å²) >= 11 is 1.15. The number of hydrogen-bond donors (Lipinski definition) is 2. The van der Waals surface area contributed by atoms with Gasteiger partial charge in [-0.1, -0.05) is 11.3 Å². The number of carbonyl (C=O) groups is 2. The first-order valence-electron chi connectivity index (χ1n) is 9.88. The Morgan fingerprint density at radius 3 is 2.59 bits per heavy atom. The van der Waals surface area contributed by atoms with Gasteiger partial charge in [0.25, 0.3) is 5.91 Å². The molecular weight excluding hydrogens is 473 g/mol. The second kappa shape index (κ2) is 8.82. The number of benzene rings is 2. The van der Waals surface area contributed by atoms with Crippen LogP contribution >= 0.6 is 11.3 Å². The van der Waals surface area contributed by atoms with E-state index in [-0.39, 0.29) is 18.2 Å². The number of carbonyl (C=O) groups excluding carboxylic acids is 2. The Bertz CT molecular complexity index is 1400. The van der Waals surface area contributed by atoms with Crippen molar-refractivity contribution >= 4 is 55.5 Å². The maximum Gasteiger partial charge on any atom is 0.573 e. The number of halogens is 3. The number of aryl methyl sites for hydroxylation is 1. The molecular formula is C21H19F3N6O3S. The first-order chi connectivity index (χ1) is 16.0. The third-order valence-corrected chi connectivity index (χ3v) is 5.79. The van der Waals surface area contributed by atoms with E-state index in [0.717, 1.165) is 16.9 Å². The van der Waals surface area contributed by atoms with Crippen LogP contribution in [0.4, 0.5) is 24.3 Å². The summed E-state index contributed by atoms with van der Waals surface area (Å²) < 4.78 is 43.6. The Kier molecular flexibility index (Phi) is 6.04. The molecule has 2 aromatic heterocycles. The minimum absolute atomic E-state index is 0.119. The number of nitrogens with one attached hydrogen (secondary N) is 2. The van der Waals surface area contributed by atoms with E-state index >= 15 is 0 Å². The molecule has 0 saturated heterocycles. The summed E-state index contributed by atoms with van der Waals surface area (Å²) in [5.74, 6) is -0.524.